The Hall–Kier alpha value is -3.64. The minimum atomic E-state index is -0.709. The summed E-state index contributed by atoms with van der Waals surface area (Å²) >= 11 is 6.02. The van der Waals surface area contributed by atoms with Crippen molar-refractivity contribution in [2.45, 2.75) is 20.4 Å². The van der Waals surface area contributed by atoms with Crippen LogP contribution in [0.25, 0.3) is 27.7 Å². The standard InChI is InChI=1S/C27H22ClF2NO3/c1-3-33-25-13-26-20(22(15-34-26)17-7-9-18(28)10-8-17)12-19(25)16(2)11-27(32)31-14-21-23(29)5-4-6-24(21)30/h4-13,15H,3,14H2,1-2H3,(H,31,32)/b16-11+. The van der Waals surface area contributed by atoms with Crippen LogP contribution in [-0.4, -0.2) is 12.5 Å². The van der Waals surface area contributed by atoms with E-state index in [9.17, 15) is 13.6 Å². The third-order valence-electron chi connectivity index (χ3n) is 5.40. The molecule has 0 fully saturated rings. The Morgan fingerprint density at radius 1 is 1.12 bits per heavy atom. The third kappa shape index (κ3) is 4.97. The highest BCUT2D eigenvalue weighted by Gasteiger charge is 2.16. The van der Waals surface area contributed by atoms with Crippen LogP contribution in [0.4, 0.5) is 8.78 Å². The Balaban J connectivity index is 1.66. The van der Waals surface area contributed by atoms with Crippen molar-refractivity contribution in [3.8, 4) is 16.9 Å². The number of fused-ring (bicyclic) bond motifs is 1. The summed E-state index contributed by atoms with van der Waals surface area (Å²) in [5.41, 5.74) is 3.60. The van der Waals surface area contributed by atoms with E-state index in [1.54, 1.807) is 31.4 Å². The number of allylic oxidation sites excluding steroid dienone is 1. The fraction of sp³-hybridized carbons (Fsp3) is 0.148. The van der Waals surface area contributed by atoms with Gasteiger partial charge in [-0.15, -0.1) is 0 Å². The van der Waals surface area contributed by atoms with Gasteiger partial charge in [-0.3, -0.25) is 4.79 Å². The lowest BCUT2D eigenvalue weighted by Gasteiger charge is -2.12. The molecule has 0 atom stereocenters. The number of benzene rings is 3. The molecule has 1 N–H and O–H groups in total. The lowest BCUT2D eigenvalue weighted by molar-refractivity contribution is -0.116. The van der Waals surface area contributed by atoms with E-state index in [-0.39, 0.29) is 12.1 Å². The number of hydrogen-bond acceptors (Lipinski definition) is 3. The maximum Gasteiger partial charge on any atom is 0.244 e. The van der Waals surface area contributed by atoms with Crippen LogP contribution in [0.15, 0.2) is 71.4 Å². The number of amides is 1. The molecule has 1 amide bonds. The van der Waals surface area contributed by atoms with Crippen molar-refractivity contribution in [3.63, 3.8) is 0 Å². The molecule has 1 aromatic heterocycles. The molecular weight excluding hydrogens is 460 g/mol. The van der Waals surface area contributed by atoms with Crippen LogP contribution < -0.4 is 10.1 Å². The van der Waals surface area contributed by atoms with Gasteiger partial charge in [0, 0.05) is 45.8 Å². The van der Waals surface area contributed by atoms with Crippen LogP contribution in [0, 0.1) is 11.6 Å². The predicted molar refractivity (Wildman–Crippen MR) is 130 cm³/mol. The Morgan fingerprint density at radius 3 is 2.50 bits per heavy atom. The molecule has 0 radical (unpaired) electrons. The first kappa shape index (κ1) is 23.5. The zero-order valence-electron chi connectivity index (χ0n) is 18.6. The number of carbonyl (C=O) groups is 1. The summed E-state index contributed by atoms with van der Waals surface area (Å²) in [6, 6.07) is 14.7. The van der Waals surface area contributed by atoms with Crippen LogP contribution >= 0.6 is 11.6 Å². The molecule has 0 saturated carbocycles. The Bertz CT molecular complexity index is 1360. The van der Waals surface area contributed by atoms with Gasteiger partial charge in [0.05, 0.1) is 12.9 Å². The highest BCUT2D eigenvalue weighted by atomic mass is 35.5. The fourth-order valence-corrected chi connectivity index (χ4v) is 3.82. The molecule has 0 unspecified atom stereocenters. The van der Waals surface area contributed by atoms with Crippen molar-refractivity contribution >= 4 is 34.1 Å². The van der Waals surface area contributed by atoms with E-state index in [0.29, 0.717) is 34.1 Å². The second kappa shape index (κ2) is 10.1. The van der Waals surface area contributed by atoms with Crippen molar-refractivity contribution in [3.05, 3.63) is 94.7 Å². The minimum absolute atomic E-state index is 0.190. The number of ether oxygens (including phenoxy) is 1. The number of hydrogen-bond donors (Lipinski definition) is 1. The van der Waals surface area contributed by atoms with Crippen LogP contribution in [0.5, 0.6) is 5.75 Å². The summed E-state index contributed by atoms with van der Waals surface area (Å²) in [7, 11) is 0. The quantitative estimate of drug-likeness (QED) is 0.285. The second-order valence-corrected chi connectivity index (χ2v) is 8.12. The van der Waals surface area contributed by atoms with E-state index < -0.39 is 17.5 Å². The SMILES string of the molecule is CCOc1cc2occ(-c3ccc(Cl)cc3)c2cc1/C(C)=C/C(=O)NCc1c(F)cccc1F. The van der Waals surface area contributed by atoms with Gasteiger partial charge in [0.2, 0.25) is 5.91 Å². The van der Waals surface area contributed by atoms with Crippen LogP contribution in [0.2, 0.25) is 5.02 Å². The number of carbonyl (C=O) groups excluding carboxylic acids is 1. The zero-order valence-corrected chi connectivity index (χ0v) is 19.4. The summed E-state index contributed by atoms with van der Waals surface area (Å²) in [5, 5.41) is 4.02. The van der Waals surface area contributed by atoms with Crippen LogP contribution in [0.1, 0.15) is 25.0 Å². The van der Waals surface area contributed by atoms with E-state index >= 15 is 0 Å². The van der Waals surface area contributed by atoms with E-state index in [1.165, 1.54) is 12.1 Å². The molecular formula is C27H22ClF2NO3. The van der Waals surface area contributed by atoms with Gasteiger partial charge in [-0.05, 0) is 55.3 Å². The summed E-state index contributed by atoms with van der Waals surface area (Å²) < 4.78 is 39.2. The van der Waals surface area contributed by atoms with Crippen molar-refractivity contribution in [1.29, 1.82) is 0 Å². The average Bonchev–Trinajstić information content (AvgIpc) is 3.21. The van der Waals surface area contributed by atoms with E-state index in [2.05, 4.69) is 5.32 Å². The monoisotopic (exact) mass is 481 g/mol. The minimum Gasteiger partial charge on any atom is -0.493 e. The molecule has 4 aromatic rings. The molecule has 0 saturated heterocycles. The van der Waals surface area contributed by atoms with Crippen LogP contribution in [-0.2, 0) is 11.3 Å². The summed E-state index contributed by atoms with van der Waals surface area (Å²) in [6.07, 6.45) is 3.05. The summed E-state index contributed by atoms with van der Waals surface area (Å²) in [6.45, 7) is 3.80. The maximum absolute atomic E-state index is 13.8. The molecule has 1 heterocycles. The first-order chi connectivity index (χ1) is 16.4. The normalized spacial score (nSPS) is 11.6. The zero-order chi connectivity index (χ0) is 24.2. The maximum atomic E-state index is 13.8. The van der Waals surface area contributed by atoms with E-state index in [1.807, 2.05) is 25.1 Å². The number of furan rings is 1. The van der Waals surface area contributed by atoms with Gasteiger partial charge in [-0.25, -0.2) is 8.78 Å². The van der Waals surface area contributed by atoms with Gasteiger partial charge in [0.15, 0.2) is 0 Å². The van der Waals surface area contributed by atoms with Gasteiger partial charge in [0.1, 0.15) is 23.0 Å². The van der Waals surface area contributed by atoms with E-state index in [4.69, 9.17) is 20.8 Å². The molecule has 34 heavy (non-hydrogen) atoms. The number of nitrogens with one attached hydrogen (secondary N) is 1. The molecule has 0 spiro atoms. The van der Waals surface area contributed by atoms with E-state index in [0.717, 1.165) is 28.6 Å². The molecule has 174 valence electrons. The van der Waals surface area contributed by atoms with Gasteiger partial charge in [0.25, 0.3) is 0 Å². The molecule has 0 aliphatic rings. The lowest BCUT2D eigenvalue weighted by Crippen LogP contribution is -2.22. The second-order valence-electron chi connectivity index (χ2n) is 7.68. The van der Waals surface area contributed by atoms with Crippen molar-refractivity contribution in [2.24, 2.45) is 0 Å². The summed E-state index contributed by atoms with van der Waals surface area (Å²) in [5.74, 6) is -1.33. The molecule has 0 aliphatic carbocycles. The van der Waals surface area contributed by atoms with Crippen LogP contribution in [0.3, 0.4) is 0 Å². The van der Waals surface area contributed by atoms with Crippen molar-refractivity contribution < 1.29 is 22.7 Å². The smallest absolute Gasteiger partial charge is 0.244 e. The highest BCUT2D eigenvalue weighted by molar-refractivity contribution is 6.30. The van der Waals surface area contributed by atoms with Gasteiger partial charge in [-0.2, -0.15) is 0 Å². The predicted octanol–water partition coefficient (Wildman–Crippen LogP) is 7.15. The van der Waals surface area contributed by atoms with Gasteiger partial charge in [-0.1, -0.05) is 29.8 Å². The Morgan fingerprint density at radius 2 is 1.82 bits per heavy atom. The van der Waals surface area contributed by atoms with Crippen molar-refractivity contribution in [2.75, 3.05) is 6.61 Å². The Labute approximate surface area is 200 Å². The molecule has 3 aromatic carbocycles. The lowest BCUT2D eigenvalue weighted by atomic mass is 9.99. The summed E-state index contributed by atoms with van der Waals surface area (Å²) in [4.78, 5) is 12.5. The molecule has 7 heteroatoms. The molecule has 4 nitrogen and oxygen atoms in total. The van der Waals surface area contributed by atoms with Gasteiger partial charge < -0.3 is 14.5 Å². The fourth-order valence-electron chi connectivity index (χ4n) is 3.69. The first-order valence-corrected chi connectivity index (χ1v) is 11.1. The third-order valence-corrected chi connectivity index (χ3v) is 5.66. The molecule has 4 rings (SSSR count). The Kier molecular flexibility index (Phi) is 6.98. The van der Waals surface area contributed by atoms with Crippen molar-refractivity contribution in [1.82, 2.24) is 5.32 Å². The largest absolute Gasteiger partial charge is 0.493 e. The number of halogens is 3. The van der Waals surface area contributed by atoms with Gasteiger partial charge >= 0.3 is 0 Å². The molecule has 0 aliphatic heterocycles. The number of rotatable bonds is 7. The average molecular weight is 482 g/mol. The topological polar surface area (TPSA) is 51.5 Å². The molecule has 0 bridgehead atoms. The highest BCUT2D eigenvalue weighted by Crippen LogP contribution is 2.37. The first-order valence-electron chi connectivity index (χ1n) is 10.7.